The van der Waals surface area contributed by atoms with Gasteiger partial charge in [0, 0.05) is 81.8 Å². The Kier molecular flexibility index (Phi) is 40.7. The van der Waals surface area contributed by atoms with Gasteiger partial charge in [0.1, 0.15) is 19.5 Å². The Bertz CT molecular complexity index is 2490. The molecule has 3 aliphatic rings. The van der Waals surface area contributed by atoms with Gasteiger partial charge in [-0.05, 0) is 115 Å². The molecule has 7 atom stereocenters. The maximum Gasteiger partial charge on any atom is 0.312 e. The van der Waals surface area contributed by atoms with Gasteiger partial charge < -0.3 is 48.2 Å². The lowest BCUT2D eigenvalue weighted by Gasteiger charge is -2.24. The van der Waals surface area contributed by atoms with Crippen LogP contribution in [0.2, 0.25) is 0 Å². The van der Waals surface area contributed by atoms with Crippen molar-refractivity contribution in [1.82, 2.24) is 46.6 Å². The van der Waals surface area contributed by atoms with Crippen LogP contribution in [-0.2, 0) is 62.3 Å². The van der Waals surface area contributed by atoms with E-state index in [-0.39, 0.29) is 138 Å². The molecule has 0 aromatic heterocycles. The van der Waals surface area contributed by atoms with Crippen molar-refractivity contribution >= 4 is 124 Å². The molecule has 3 rings (SSSR count). The Morgan fingerprint density at radius 3 is 1.29 bits per heavy atom. The molecule has 10 N–H and O–H groups in total. The zero-order valence-corrected chi connectivity index (χ0v) is 56.5. The number of nitrogens with two attached hydrogens (primary N) is 2. The van der Waals surface area contributed by atoms with Crippen molar-refractivity contribution in [2.45, 2.75) is 224 Å². The smallest absolute Gasteiger partial charge is 0.312 e. The number of thioether (sulfide) groups is 3. The molecule has 0 radical (unpaired) electrons. The molecule has 3 unspecified atom stereocenters. The number of nitrogens with one attached hydrogen (secondary N) is 6. The predicted molar refractivity (Wildman–Crippen MR) is 351 cm³/mol. The van der Waals surface area contributed by atoms with Crippen molar-refractivity contribution < 1.29 is 77.4 Å². The highest BCUT2D eigenvalue weighted by Crippen LogP contribution is 2.26. The number of likely N-dealkylation sites (N-methyl/N-ethyl adjacent to an activating group) is 1. The second-order valence-corrected chi connectivity index (χ2v) is 25.4. The van der Waals surface area contributed by atoms with E-state index < -0.39 is 55.0 Å². The summed E-state index contributed by atoms with van der Waals surface area (Å²) in [7, 11) is 0. The molecule has 0 saturated carbocycles. The normalized spacial score (nSPS) is 18.1. The van der Waals surface area contributed by atoms with Crippen LogP contribution in [0.15, 0.2) is 0 Å². The third kappa shape index (κ3) is 33.9. The number of amides is 13. The molecule has 90 heavy (non-hydrogen) atoms. The molecule has 0 aromatic rings. The number of aldehydes is 1. The molecule has 26 nitrogen and oxygen atoms in total. The third-order valence-electron chi connectivity index (χ3n) is 14.5. The number of urea groups is 2. The Morgan fingerprint density at radius 1 is 0.567 bits per heavy atom. The van der Waals surface area contributed by atoms with Gasteiger partial charge in [-0.15, -0.1) is 0 Å². The van der Waals surface area contributed by atoms with Gasteiger partial charge in [0.15, 0.2) is 11.6 Å². The average Bonchev–Trinajstić information content (AvgIpc) is 1.71. The summed E-state index contributed by atoms with van der Waals surface area (Å²) >= 11 is 4.21. The minimum absolute atomic E-state index is 0.0669. The van der Waals surface area contributed by atoms with Crippen molar-refractivity contribution in [2.24, 2.45) is 23.3 Å². The fraction of sp³-hybridized carbons (Fsp3) is 0.754. The molecule has 3 fully saturated rings. The first-order chi connectivity index (χ1) is 44.5. The van der Waals surface area contributed by atoms with Gasteiger partial charge >= 0.3 is 12.1 Å². The number of primary amides is 2. The van der Waals surface area contributed by atoms with Crippen LogP contribution in [0.4, 0.5) is 9.59 Å². The molecular weight excluding hydrogens is 1220 g/mol. The van der Waals surface area contributed by atoms with Crippen LogP contribution in [0.5, 0.6) is 0 Å². The van der Waals surface area contributed by atoms with Crippen molar-refractivity contribution in [1.29, 1.82) is 0 Å². The summed E-state index contributed by atoms with van der Waals surface area (Å²) in [6.07, 6.45) is 14.8. The molecule has 0 aliphatic carbocycles. The third-order valence-corrected chi connectivity index (χ3v) is 17.3. The summed E-state index contributed by atoms with van der Waals surface area (Å²) in [5.74, 6) is -2.52. The zero-order valence-electron chi connectivity index (χ0n) is 58.0. The van der Waals surface area contributed by atoms with Gasteiger partial charge in [-0.3, -0.25) is 72.2 Å². The number of rotatable bonds is 41. The lowest BCUT2D eigenvalue weighted by Crippen LogP contribution is -2.53. The number of unbranched alkanes of at least 4 members (excludes halogenated alkanes) is 6. The largest absolute Gasteiger partial charge is 0.352 e. The monoisotopic (exact) mass is 1330 g/mol. The number of likely N-dealkylation sites (tertiary alicyclic amines) is 3. The molecule has 3 saturated heterocycles. The Labute approximate surface area is 550 Å². The maximum absolute atomic E-state index is 12.8. The van der Waals surface area contributed by atoms with Crippen molar-refractivity contribution in [2.75, 3.05) is 58.0 Å². The quantitative estimate of drug-likeness (QED) is 0.0243. The van der Waals surface area contributed by atoms with E-state index in [1.165, 1.54) is 50.0 Å². The van der Waals surface area contributed by atoms with Gasteiger partial charge in [0.25, 0.3) is 0 Å². The standard InChI is InChI=1S/C23H39N5O6S.C14H28N4O3.C13H21NO3S.C11H17NO3S/c1-14(2)20(21(32)26-16(15(3)29)9-8-11-25-23(24)34)27-18(30)10-6-5-7-12-28-19(31)13-17(35-4)22(28)33;1-5-16-12(9(2)3)13(20)18-11(10(4)19)7-6-8-17-14(15)21;1-3-10(15)7-5-4-6-8-14-12(16)9-11(18-2)13(14)17;1-16-9-8-10(14)12(11(9)15)6-4-2-3-5-7-13/h14,16-17,20H,5-13H2,1-4H3,(H,26,32)(H,27,30)(H3,24,25,34);9,11-12,16H,5-8H2,1-4H3,(H,18,20)(H3,15,17,21);11H,3-9H2,1-2H3;7,9H,2-6,8H2,1H3/t16-,17?,20-;11-,12-;;/m00../s1/i3D;4D;1D;7D. The van der Waals surface area contributed by atoms with E-state index in [9.17, 15) is 71.9 Å². The summed E-state index contributed by atoms with van der Waals surface area (Å²) in [5.41, 5.74) is 9.97. The number of ketones is 3. The molecule has 0 bridgehead atoms. The number of nitrogens with zero attached hydrogens (tertiary/aromatic N) is 3. The number of carbonyl (C=O) groups excluding carboxylic acids is 15. The maximum atomic E-state index is 12.8. The Balaban J connectivity index is 0.00000129. The Morgan fingerprint density at radius 2 is 0.956 bits per heavy atom. The highest BCUT2D eigenvalue weighted by atomic mass is 32.2. The van der Waals surface area contributed by atoms with Crippen LogP contribution in [0.1, 0.15) is 189 Å². The molecule has 29 heteroatoms. The minimum atomic E-state index is -0.899. The summed E-state index contributed by atoms with van der Waals surface area (Å²) in [4.78, 5) is 179. The van der Waals surface area contributed by atoms with E-state index in [1.54, 1.807) is 20.1 Å². The average molecular weight is 1330 g/mol. The van der Waals surface area contributed by atoms with Gasteiger partial charge in [0.2, 0.25) is 53.2 Å². The highest BCUT2D eigenvalue weighted by molar-refractivity contribution is 8.00. The highest BCUT2D eigenvalue weighted by Gasteiger charge is 2.39. The van der Waals surface area contributed by atoms with Crippen LogP contribution < -0.4 is 43.4 Å². The van der Waals surface area contributed by atoms with Gasteiger partial charge in [-0.2, -0.15) is 35.3 Å². The summed E-state index contributed by atoms with van der Waals surface area (Å²) in [6.45, 7) is 11.0. The first kappa shape index (κ1) is 76.5. The lowest BCUT2D eigenvalue weighted by atomic mass is 10.0. The first-order valence-electron chi connectivity index (χ1n) is 33.4. The second-order valence-electron chi connectivity index (χ2n) is 22.3. The van der Waals surface area contributed by atoms with Crippen molar-refractivity contribution in [3.63, 3.8) is 0 Å². The fourth-order valence-electron chi connectivity index (χ4n) is 9.30. The number of hydrogen-bond acceptors (Lipinski definition) is 19. The van der Waals surface area contributed by atoms with Crippen LogP contribution in [0.3, 0.4) is 0 Å². The minimum Gasteiger partial charge on any atom is -0.352 e. The summed E-state index contributed by atoms with van der Waals surface area (Å²) < 4.78 is 28.2. The van der Waals surface area contributed by atoms with E-state index in [4.69, 9.17) is 17.0 Å². The number of Topliss-reactive ketones (excluding diaryl/α,β-unsaturated/α-hetero) is 3. The van der Waals surface area contributed by atoms with Crippen LogP contribution in [-0.4, -0.2) is 201 Å². The predicted octanol–water partition coefficient (Wildman–Crippen LogP) is 4.10. The second kappa shape index (κ2) is 47.9. The van der Waals surface area contributed by atoms with Crippen LogP contribution >= 0.6 is 35.3 Å². The van der Waals surface area contributed by atoms with E-state index in [0.29, 0.717) is 110 Å². The summed E-state index contributed by atoms with van der Waals surface area (Å²) in [6, 6.07) is -4.16. The molecule has 13 amide bonds. The zero-order chi connectivity index (χ0) is 71.5. The van der Waals surface area contributed by atoms with Gasteiger partial charge in [0.05, 0.1) is 33.9 Å². The summed E-state index contributed by atoms with van der Waals surface area (Å²) in [5, 5.41) is 15.3. The number of imide groups is 3. The van der Waals surface area contributed by atoms with Crippen LogP contribution in [0.25, 0.3) is 0 Å². The fourth-order valence-corrected chi connectivity index (χ4v) is 11.2. The van der Waals surface area contributed by atoms with Gasteiger partial charge in [-0.25, -0.2) is 9.59 Å². The molecule has 0 spiro atoms. The molecule has 3 aliphatic heterocycles. The van der Waals surface area contributed by atoms with Crippen molar-refractivity contribution in [3.8, 4) is 0 Å². The molecule has 512 valence electrons. The van der Waals surface area contributed by atoms with E-state index in [1.807, 2.05) is 33.3 Å². The molecule has 0 aromatic carbocycles. The van der Waals surface area contributed by atoms with E-state index >= 15 is 0 Å². The molecular formula is C61H105N11O15S3. The SMILES string of the molecule is [2H]C(=O)CCCCCN1C(=O)CC(SC)C1=O.[2H]CC(=O)[C@H](CCCNC(N)=O)NC(=O)[C@@H](NC(=O)CCCCCN1C(=O)CC(SC)C1=O)C(C)C.[2H]CC(=O)[C@H](CCCNC(N)=O)NC(=O)[C@@H](NCC)C(C)C.[2H]CCC(=O)CCCCCN1C(=O)CC(SC)C1=O. The van der Waals surface area contributed by atoms with E-state index in [2.05, 4.69) is 31.9 Å². The number of carbonyl (C=O) groups is 15. The van der Waals surface area contributed by atoms with E-state index in [0.717, 1.165) is 25.7 Å². The van der Waals surface area contributed by atoms with Crippen LogP contribution in [0, 0.1) is 11.8 Å². The molecule has 3 heterocycles. The van der Waals surface area contributed by atoms with Gasteiger partial charge in [-0.1, -0.05) is 60.8 Å². The number of hydrogen-bond donors (Lipinski definition) is 8. The lowest BCUT2D eigenvalue weighted by molar-refractivity contribution is -0.139. The topological polar surface area (TPSA) is 390 Å². The Hall–Kier alpha value is -5.94. The van der Waals surface area contributed by atoms with Crippen molar-refractivity contribution in [3.05, 3.63) is 0 Å². The first-order valence-corrected chi connectivity index (χ1v) is 34.6.